The molecule has 0 unspecified atom stereocenters. The highest BCUT2D eigenvalue weighted by atomic mass is 16.3. The maximum atomic E-state index is 9.47. The fourth-order valence-corrected chi connectivity index (χ4v) is 0.669. The largest absolute Gasteiger partial charge is 0.386 e. The number of hydrogen-bond donors (Lipinski definition) is 2. The lowest BCUT2D eigenvalue weighted by molar-refractivity contribution is 0.112. The van der Waals surface area contributed by atoms with Crippen molar-refractivity contribution >= 4 is 0 Å². The summed E-state index contributed by atoms with van der Waals surface area (Å²) in [6.07, 6.45) is 5.37. The van der Waals surface area contributed by atoms with Crippen molar-refractivity contribution in [1.82, 2.24) is 0 Å². The first-order chi connectivity index (χ1) is 5.27. The van der Waals surface area contributed by atoms with Gasteiger partial charge in [0, 0.05) is 0 Å². The Hall–Kier alpha value is -0.600. The zero-order valence-electron chi connectivity index (χ0n) is 8.04. The summed E-state index contributed by atoms with van der Waals surface area (Å²) in [5, 5.41) is 18.8. The van der Waals surface area contributed by atoms with E-state index in [-0.39, 0.29) is 0 Å². The van der Waals surface area contributed by atoms with Gasteiger partial charge in [-0.1, -0.05) is 18.2 Å². The normalized spacial score (nSPS) is 17.8. The van der Waals surface area contributed by atoms with E-state index in [9.17, 15) is 10.2 Å². The average molecular weight is 170 g/mol. The molecule has 0 spiro atoms. The minimum Gasteiger partial charge on any atom is -0.386 e. The van der Waals surface area contributed by atoms with Crippen molar-refractivity contribution in [3.05, 3.63) is 24.8 Å². The molecule has 1 atom stereocenters. The smallest absolute Gasteiger partial charge is 0.0831 e. The number of hydrogen-bond acceptors (Lipinski definition) is 2. The van der Waals surface area contributed by atoms with Crippen molar-refractivity contribution in [3.8, 4) is 0 Å². The van der Waals surface area contributed by atoms with Gasteiger partial charge in [0.15, 0.2) is 0 Å². The summed E-state index contributed by atoms with van der Waals surface area (Å²) in [4.78, 5) is 0. The van der Waals surface area contributed by atoms with Gasteiger partial charge in [0.25, 0.3) is 0 Å². The Morgan fingerprint density at radius 3 is 2.08 bits per heavy atom. The third-order valence-electron chi connectivity index (χ3n) is 1.50. The average Bonchev–Trinajstić information content (AvgIpc) is 1.84. The van der Waals surface area contributed by atoms with Crippen molar-refractivity contribution in [2.45, 2.75) is 38.4 Å². The summed E-state index contributed by atoms with van der Waals surface area (Å²) in [5.74, 6) is 0. The second-order valence-electron chi connectivity index (χ2n) is 3.82. The first-order valence-electron chi connectivity index (χ1n) is 4.03. The standard InChI is InChI=1S/C10H18O2/c1-5-10(4,12)8-6-7-9(2,3)11/h5-7,11-12H,1,8H2,2-4H3/t10-/m1/s1. The fourth-order valence-electron chi connectivity index (χ4n) is 0.669. The third kappa shape index (κ3) is 6.13. The molecule has 0 aromatic rings. The molecule has 0 aromatic heterocycles. The van der Waals surface area contributed by atoms with Crippen molar-refractivity contribution in [2.24, 2.45) is 0 Å². The zero-order chi connectivity index (χ0) is 9.83. The van der Waals surface area contributed by atoms with Crippen LogP contribution < -0.4 is 0 Å². The third-order valence-corrected chi connectivity index (χ3v) is 1.50. The Morgan fingerprint density at radius 1 is 1.25 bits per heavy atom. The van der Waals surface area contributed by atoms with Gasteiger partial charge in [-0.25, -0.2) is 0 Å². The highest BCUT2D eigenvalue weighted by molar-refractivity contribution is 5.02. The first-order valence-corrected chi connectivity index (χ1v) is 4.03. The topological polar surface area (TPSA) is 40.5 Å². The number of aliphatic hydroxyl groups is 2. The van der Waals surface area contributed by atoms with E-state index in [4.69, 9.17) is 0 Å². The lowest BCUT2D eigenvalue weighted by Gasteiger charge is -2.16. The molecule has 12 heavy (non-hydrogen) atoms. The Balaban J connectivity index is 3.99. The summed E-state index contributed by atoms with van der Waals surface area (Å²) in [6.45, 7) is 8.55. The summed E-state index contributed by atoms with van der Waals surface area (Å²) in [5.41, 5.74) is -1.68. The maximum Gasteiger partial charge on any atom is 0.0831 e. The van der Waals surface area contributed by atoms with E-state index < -0.39 is 11.2 Å². The van der Waals surface area contributed by atoms with Gasteiger partial charge in [-0.15, -0.1) is 6.58 Å². The van der Waals surface area contributed by atoms with Crippen LogP contribution in [0.2, 0.25) is 0 Å². The highest BCUT2D eigenvalue weighted by Crippen LogP contribution is 2.12. The second-order valence-corrected chi connectivity index (χ2v) is 3.82. The monoisotopic (exact) mass is 170 g/mol. The van der Waals surface area contributed by atoms with Crippen molar-refractivity contribution < 1.29 is 10.2 Å². The van der Waals surface area contributed by atoms with Crippen molar-refractivity contribution in [2.75, 3.05) is 0 Å². The summed E-state index contributed by atoms with van der Waals surface area (Å²) < 4.78 is 0. The molecule has 0 aliphatic heterocycles. The predicted molar refractivity (Wildman–Crippen MR) is 50.9 cm³/mol. The Kier molecular flexibility index (Phi) is 3.68. The molecule has 2 heteroatoms. The van der Waals surface area contributed by atoms with Crippen LogP contribution in [0.25, 0.3) is 0 Å². The van der Waals surface area contributed by atoms with Crippen LogP contribution in [0.4, 0.5) is 0 Å². The zero-order valence-corrected chi connectivity index (χ0v) is 8.04. The summed E-state index contributed by atoms with van der Waals surface area (Å²) in [7, 11) is 0. The van der Waals surface area contributed by atoms with Gasteiger partial charge in [0.05, 0.1) is 11.2 Å². The molecule has 0 amide bonds. The van der Waals surface area contributed by atoms with Crippen LogP contribution in [0.15, 0.2) is 24.8 Å². The summed E-state index contributed by atoms with van der Waals surface area (Å²) in [6, 6.07) is 0. The van der Waals surface area contributed by atoms with Crippen LogP contribution in [0.1, 0.15) is 27.2 Å². The molecule has 2 nitrogen and oxygen atoms in total. The molecule has 0 radical (unpaired) electrons. The molecule has 0 aromatic carbocycles. The maximum absolute atomic E-state index is 9.47. The van der Waals surface area contributed by atoms with E-state index in [1.54, 1.807) is 32.9 Å². The molecule has 0 aliphatic carbocycles. The minimum absolute atomic E-state index is 0.473. The molecule has 0 fully saturated rings. The lowest BCUT2D eigenvalue weighted by atomic mass is 10.0. The Labute approximate surface area is 74.2 Å². The minimum atomic E-state index is -0.873. The van der Waals surface area contributed by atoms with Crippen LogP contribution in [-0.2, 0) is 0 Å². The van der Waals surface area contributed by atoms with E-state index >= 15 is 0 Å². The molecule has 0 rings (SSSR count). The van der Waals surface area contributed by atoms with Crippen LogP contribution in [0.5, 0.6) is 0 Å². The van der Waals surface area contributed by atoms with Gasteiger partial charge in [-0.05, 0) is 27.2 Å². The molecular weight excluding hydrogens is 152 g/mol. The van der Waals surface area contributed by atoms with Crippen molar-refractivity contribution in [1.29, 1.82) is 0 Å². The van der Waals surface area contributed by atoms with E-state index in [2.05, 4.69) is 6.58 Å². The molecule has 0 aliphatic rings. The summed E-state index contributed by atoms with van der Waals surface area (Å²) >= 11 is 0. The van der Waals surface area contributed by atoms with Gasteiger partial charge >= 0.3 is 0 Å². The lowest BCUT2D eigenvalue weighted by Crippen LogP contribution is -2.20. The SMILES string of the molecule is C=C[C@@](C)(O)CC=CC(C)(C)O. The molecule has 0 bridgehead atoms. The van der Waals surface area contributed by atoms with E-state index in [1.807, 2.05) is 0 Å². The second kappa shape index (κ2) is 3.87. The van der Waals surface area contributed by atoms with E-state index in [1.165, 1.54) is 6.08 Å². The van der Waals surface area contributed by atoms with Crippen LogP contribution in [0, 0.1) is 0 Å². The van der Waals surface area contributed by atoms with Gasteiger partial charge in [0.1, 0.15) is 0 Å². The molecule has 0 saturated carbocycles. The van der Waals surface area contributed by atoms with E-state index in [0.29, 0.717) is 6.42 Å². The number of rotatable bonds is 4. The van der Waals surface area contributed by atoms with E-state index in [0.717, 1.165) is 0 Å². The Bertz CT molecular complexity index is 173. The van der Waals surface area contributed by atoms with Gasteiger partial charge < -0.3 is 10.2 Å². The van der Waals surface area contributed by atoms with Gasteiger partial charge in [-0.3, -0.25) is 0 Å². The van der Waals surface area contributed by atoms with Crippen molar-refractivity contribution in [3.63, 3.8) is 0 Å². The molecule has 0 saturated heterocycles. The highest BCUT2D eigenvalue weighted by Gasteiger charge is 2.13. The van der Waals surface area contributed by atoms with Gasteiger partial charge in [0.2, 0.25) is 0 Å². The fraction of sp³-hybridized carbons (Fsp3) is 0.600. The Morgan fingerprint density at radius 2 is 1.75 bits per heavy atom. The quantitative estimate of drug-likeness (QED) is 0.630. The predicted octanol–water partition coefficient (Wildman–Crippen LogP) is 1.64. The first kappa shape index (κ1) is 11.4. The van der Waals surface area contributed by atoms with Crippen LogP contribution in [-0.4, -0.2) is 21.4 Å². The van der Waals surface area contributed by atoms with Crippen LogP contribution in [0.3, 0.4) is 0 Å². The molecule has 0 heterocycles. The van der Waals surface area contributed by atoms with Gasteiger partial charge in [-0.2, -0.15) is 0 Å². The molecular formula is C10H18O2. The van der Waals surface area contributed by atoms with Crippen LogP contribution >= 0.6 is 0 Å². The molecule has 70 valence electrons. The molecule has 2 N–H and O–H groups in total.